The van der Waals surface area contributed by atoms with Gasteiger partial charge in [-0.15, -0.1) is 0 Å². The van der Waals surface area contributed by atoms with Crippen LogP contribution in [0.3, 0.4) is 0 Å². The van der Waals surface area contributed by atoms with Crippen LogP contribution < -0.4 is 5.73 Å². The highest BCUT2D eigenvalue weighted by atomic mass is 19.1. The molecule has 0 heterocycles. The summed E-state index contributed by atoms with van der Waals surface area (Å²) in [4.78, 5) is 0. The number of rotatable bonds is 3. The van der Waals surface area contributed by atoms with Gasteiger partial charge in [0.25, 0.3) is 0 Å². The van der Waals surface area contributed by atoms with Gasteiger partial charge in [0.1, 0.15) is 11.6 Å². The van der Waals surface area contributed by atoms with Crippen LogP contribution in [0.25, 0.3) is 0 Å². The van der Waals surface area contributed by atoms with Gasteiger partial charge in [-0.05, 0) is 47.6 Å². The SMILES string of the molecule is NC(c1cc(F)cc(F)c1)c1cccc(C2CCC2)c1. The zero-order valence-electron chi connectivity index (χ0n) is 11.2. The minimum atomic E-state index is -0.592. The van der Waals surface area contributed by atoms with Crippen LogP contribution in [0.5, 0.6) is 0 Å². The number of hydrogen-bond donors (Lipinski definition) is 1. The van der Waals surface area contributed by atoms with E-state index in [4.69, 9.17) is 5.73 Å². The van der Waals surface area contributed by atoms with E-state index in [0.29, 0.717) is 11.5 Å². The van der Waals surface area contributed by atoms with E-state index < -0.39 is 17.7 Å². The Kier molecular flexibility index (Phi) is 3.53. The fourth-order valence-corrected chi connectivity index (χ4v) is 2.70. The molecule has 1 aliphatic rings. The highest BCUT2D eigenvalue weighted by Crippen LogP contribution is 2.37. The maximum absolute atomic E-state index is 13.3. The molecule has 2 aromatic rings. The number of nitrogens with two attached hydrogens (primary N) is 1. The smallest absolute Gasteiger partial charge is 0.126 e. The second-order valence-corrected chi connectivity index (χ2v) is 5.48. The van der Waals surface area contributed by atoms with Gasteiger partial charge in [0, 0.05) is 6.07 Å². The monoisotopic (exact) mass is 273 g/mol. The summed E-state index contributed by atoms with van der Waals surface area (Å²) in [7, 11) is 0. The maximum atomic E-state index is 13.3. The summed E-state index contributed by atoms with van der Waals surface area (Å²) >= 11 is 0. The Labute approximate surface area is 117 Å². The highest BCUT2D eigenvalue weighted by molar-refractivity contribution is 5.36. The molecule has 104 valence electrons. The second-order valence-electron chi connectivity index (χ2n) is 5.48. The summed E-state index contributed by atoms with van der Waals surface area (Å²) in [6.45, 7) is 0. The molecule has 0 aliphatic heterocycles. The Morgan fingerprint density at radius 3 is 2.25 bits per heavy atom. The molecule has 0 aromatic heterocycles. The molecule has 1 atom stereocenters. The molecule has 20 heavy (non-hydrogen) atoms. The summed E-state index contributed by atoms with van der Waals surface area (Å²) in [5.74, 6) is -0.567. The molecule has 1 aliphatic carbocycles. The van der Waals surface area contributed by atoms with Crippen molar-refractivity contribution in [3.8, 4) is 0 Å². The Bertz CT molecular complexity index is 600. The lowest BCUT2D eigenvalue weighted by Gasteiger charge is -2.26. The molecule has 1 nitrogen and oxygen atoms in total. The van der Waals surface area contributed by atoms with Crippen molar-refractivity contribution in [3.05, 3.63) is 70.8 Å². The fourth-order valence-electron chi connectivity index (χ4n) is 2.70. The van der Waals surface area contributed by atoms with Gasteiger partial charge in [-0.25, -0.2) is 8.78 Å². The molecule has 1 saturated carbocycles. The lowest BCUT2D eigenvalue weighted by molar-refractivity contribution is 0.419. The number of halogens is 2. The molecule has 2 aromatic carbocycles. The standard InChI is InChI=1S/C17H17F2N/c18-15-8-14(9-16(19)10-15)17(20)13-6-2-5-12(7-13)11-3-1-4-11/h2,5-11,17H,1,3-4,20H2. The summed E-state index contributed by atoms with van der Waals surface area (Å²) < 4.78 is 26.6. The molecule has 0 radical (unpaired) electrons. The van der Waals surface area contributed by atoms with E-state index >= 15 is 0 Å². The van der Waals surface area contributed by atoms with Crippen molar-refractivity contribution >= 4 is 0 Å². The lowest BCUT2D eigenvalue weighted by atomic mass is 9.79. The van der Waals surface area contributed by atoms with Crippen LogP contribution in [0.4, 0.5) is 8.78 Å². The van der Waals surface area contributed by atoms with Crippen molar-refractivity contribution in [2.45, 2.75) is 31.2 Å². The first kappa shape index (κ1) is 13.3. The van der Waals surface area contributed by atoms with E-state index in [1.807, 2.05) is 12.1 Å². The van der Waals surface area contributed by atoms with Crippen molar-refractivity contribution in [1.82, 2.24) is 0 Å². The van der Waals surface area contributed by atoms with Gasteiger partial charge >= 0.3 is 0 Å². The zero-order valence-corrected chi connectivity index (χ0v) is 11.2. The van der Waals surface area contributed by atoms with E-state index in [2.05, 4.69) is 12.1 Å². The average Bonchev–Trinajstić information content (AvgIpc) is 2.35. The minimum Gasteiger partial charge on any atom is -0.320 e. The number of benzene rings is 2. The van der Waals surface area contributed by atoms with Gasteiger partial charge in [0.05, 0.1) is 6.04 Å². The molecule has 1 fully saturated rings. The Morgan fingerprint density at radius 2 is 1.65 bits per heavy atom. The van der Waals surface area contributed by atoms with E-state index in [9.17, 15) is 8.78 Å². The van der Waals surface area contributed by atoms with Gasteiger partial charge in [-0.2, -0.15) is 0 Å². The highest BCUT2D eigenvalue weighted by Gasteiger charge is 2.20. The minimum absolute atomic E-state index is 0.466. The topological polar surface area (TPSA) is 26.0 Å². The van der Waals surface area contributed by atoms with Gasteiger partial charge in [0.2, 0.25) is 0 Å². The molecule has 0 amide bonds. The molecule has 3 heteroatoms. The first-order valence-corrected chi connectivity index (χ1v) is 6.95. The summed E-state index contributed by atoms with van der Waals surface area (Å²) in [6, 6.07) is 11.0. The van der Waals surface area contributed by atoms with E-state index in [1.165, 1.54) is 37.0 Å². The molecule has 0 bridgehead atoms. The summed E-state index contributed by atoms with van der Waals surface area (Å²) in [6.07, 6.45) is 3.70. The second kappa shape index (κ2) is 5.33. The van der Waals surface area contributed by atoms with Gasteiger partial charge in [-0.3, -0.25) is 0 Å². The fraction of sp³-hybridized carbons (Fsp3) is 0.294. The quantitative estimate of drug-likeness (QED) is 0.887. The predicted molar refractivity (Wildman–Crippen MR) is 75.4 cm³/mol. The van der Waals surface area contributed by atoms with Gasteiger partial charge < -0.3 is 5.73 Å². The molecule has 0 saturated heterocycles. The normalized spacial score (nSPS) is 16.8. The largest absolute Gasteiger partial charge is 0.320 e. The zero-order chi connectivity index (χ0) is 14.1. The van der Waals surface area contributed by atoms with Crippen molar-refractivity contribution < 1.29 is 8.78 Å². The van der Waals surface area contributed by atoms with E-state index in [0.717, 1.165) is 11.6 Å². The third-order valence-electron chi connectivity index (χ3n) is 4.09. The van der Waals surface area contributed by atoms with Crippen LogP contribution in [-0.2, 0) is 0 Å². The third-order valence-corrected chi connectivity index (χ3v) is 4.09. The van der Waals surface area contributed by atoms with Crippen molar-refractivity contribution in [2.24, 2.45) is 5.73 Å². The Balaban J connectivity index is 1.91. The Hall–Kier alpha value is -1.74. The predicted octanol–water partition coefficient (Wildman–Crippen LogP) is 4.28. The number of hydrogen-bond acceptors (Lipinski definition) is 1. The lowest BCUT2D eigenvalue weighted by Crippen LogP contribution is -2.14. The van der Waals surface area contributed by atoms with E-state index in [-0.39, 0.29) is 0 Å². The van der Waals surface area contributed by atoms with Crippen LogP contribution >= 0.6 is 0 Å². The molecule has 1 unspecified atom stereocenters. The van der Waals surface area contributed by atoms with Crippen LogP contribution in [0.2, 0.25) is 0 Å². The molecular formula is C17H17F2N. The van der Waals surface area contributed by atoms with Crippen LogP contribution in [-0.4, -0.2) is 0 Å². The maximum Gasteiger partial charge on any atom is 0.126 e. The van der Waals surface area contributed by atoms with Gasteiger partial charge in [-0.1, -0.05) is 30.7 Å². The van der Waals surface area contributed by atoms with Gasteiger partial charge in [0.15, 0.2) is 0 Å². The molecule has 0 spiro atoms. The van der Waals surface area contributed by atoms with Crippen LogP contribution in [0, 0.1) is 11.6 Å². The molecule has 2 N–H and O–H groups in total. The van der Waals surface area contributed by atoms with E-state index in [1.54, 1.807) is 0 Å². The molecular weight excluding hydrogens is 256 g/mol. The average molecular weight is 273 g/mol. The van der Waals surface area contributed by atoms with Crippen molar-refractivity contribution in [1.29, 1.82) is 0 Å². The van der Waals surface area contributed by atoms with Crippen molar-refractivity contribution in [2.75, 3.05) is 0 Å². The first-order chi connectivity index (χ1) is 9.63. The summed E-state index contributed by atoms with van der Waals surface area (Å²) in [5.41, 5.74) is 8.80. The van der Waals surface area contributed by atoms with Crippen LogP contribution in [0.1, 0.15) is 47.9 Å². The van der Waals surface area contributed by atoms with Crippen LogP contribution in [0.15, 0.2) is 42.5 Å². The molecule has 3 rings (SSSR count). The Morgan fingerprint density at radius 1 is 0.950 bits per heavy atom. The first-order valence-electron chi connectivity index (χ1n) is 6.95. The van der Waals surface area contributed by atoms with Crippen molar-refractivity contribution in [3.63, 3.8) is 0 Å². The summed E-state index contributed by atoms with van der Waals surface area (Å²) in [5, 5.41) is 0. The third kappa shape index (κ3) is 2.59.